The van der Waals surface area contributed by atoms with Gasteiger partial charge in [0, 0.05) is 12.1 Å². The van der Waals surface area contributed by atoms with Crippen LogP contribution in [0.3, 0.4) is 0 Å². The van der Waals surface area contributed by atoms with Crippen LogP contribution in [0.4, 0.5) is 4.79 Å². The molecule has 2 N–H and O–H groups in total. The van der Waals surface area contributed by atoms with Crippen LogP contribution in [0.1, 0.15) is 51.5 Å². The van der Waals surface area contributed by atoms with E-state index in [2.05, 4.69) is 10.6 Å². The first-order valence-corrected chi connectivity index (χ1v) is 8.98. The Labute approximate surface area is 153 Å². The number of imide groups is 1. The van der Waals surface area contributed by atoms with Crippen molar-refractivity contribution in [3.63, 3.8) is 0 Å². The van der Waals surface area contributed by atoms with Crippen molar-refractivity contribution in [3.05, 3.63) is 23.8 Å². The van der Waals surface area contributed by atoms with Crippen molar-refractivity contribution in [2.24, 2.45) is 0 Å². The van der Waals surface area contributed by atoms with Crippen LogP contribution in [-0.2, 0) is 4.79 Å². The molecule has 1 aliphatic carbocycles. The van der Waals surface area contributed by atoms with E-state index in [-0.39, 0.29) is 6.04 Å². The molecular formula is C19H25N3O4. The maximum atomic E-state index is 12.2. The van der Waals surface area contributed by atoms with Gasteiger partial charge in [-0.05, 0) is 38.8 Å². The van der Waals surface area contributed by atoms with Crippen LogP contribution in [0.2, 0.25) is 0 Å². The summed E-state index contributed by atoms with van der Waals surface area (Å²) in [6, 6.07) is 6.36. The minimum atomic E-state index is -0.890. The van der Waals surface area contributed by atoms with Gasteiger partial charge in [0.1, 0.15) is 0 Å². The Bertz CT molecular complexity index is 678. The average molecular weight is 359 g/mol. The van der Waals surface area contributed by atoms with E-state index in [0.29, 0.717) is 23.7 Å². The first kappa shape index (κ1) is 19.6. The van der Waals surface area contributed by atoms with E-state index in [1.807, 2.05) is 13.0 Å². The summed E-state index contributed by atoms with van der Waals surface area (Å²) in [6.45, 7) is 3.77. The van der Waals surface area contributed by atoms with E-state index < -0.39 is 18.0 Å². The van der Waals surface area contributed by atoms with Crippen LogP contribution in [0.5, 0.6) is 11.5 Å². The van der Waals surface area contributed by atoms with Gasteiger partial charge in [-0.25, -0.2) is 4.79 Å². The van der Waals surface area contributed by atoms with Crippen LogP contribution >= 0.6 is 0 Å². The molecule has 1 saturated carbocycles. The molecule has 7 heteroatoms. The molecule has 0 heterocycles. The highest BCUT2D eigenvalue weighted by Gasteiger charge is 2.21. The number of hydrogen-bond donors (Lipinski definition) is 2. The largest absolute Gasteiger partial charge is 0.490 e. The minimum Gasteiger partial charge on any atom is -0.490 e. The lowest BCUT2D eigenvalue weighted by molar-refractivity contribution is -0.126. The van der Waals surface area contributed by atoms with Crippen LogP contribution in [0, 0.1) is 11.3 Å². The molecule has 7 nitrogen and oxygen atoms in total. The van der Waals surface area contributed by atoms with Gasteiger partial charge in [0.25, 0.3) is 5.91 Å². The second-order valence-electron chi connectivity index (χ2n) is 6.26. The SMILES string of the molecule is CCOc1cc(C#N)ccc1O[C@@H](C)C(=O)NC(=O)NC1CCCCC1. The number of nitrogens with one attached hydrogen (secondary N) is 2. The number of urea groups is 1. The minimum absolute atomic E-state index is 0.121. The maximum Gasteiger partial charge on any atom is 0.321 e. The molecule has 1 fully saturated rings. The van der Waals surface area contributed by atoms with E-state index in [0.717, 1.165) is 25.7 Å². The quantitative estimate of drug-likeness (QED) is 0.813. The van der Waals surface area contributed by atoms with Crippen molar-refractivity contribution >= 4 is 11.9 Å². The maximum absolute atomic E-state index is 12.2. The standard InChI is InChI=1S/C19H25N3O4/c1-3-25-17-11-14(12-20)9-10-16(17)26-13(2)18(23)22-19(24)21-15-7-5-4-6-8-15/h9-11,13,15H,3-8H2,1-2H3,(H2,21,22,23,24)/t13-/m0/s1. The van der Waals surface area contributed by atoms with Gasteiger partial charge in [-0.3, -0.25) is 10.1 Å². The molecule has 0 saturated heterocycles. The van der Waals surface area contributed by atoms with Gasteiger partial charge < -0.3 is 14.8 Å². The van der Waals surface area contributed by atoms with Crippen molar-refractivity contribution in [1.29, 1.82) is 5.26 Å². The summed E-state index contributed by atoms with van der Waals surface area (Å²) >= 11 is 0. The summed E-state index contributed by atoms with van der Waals surface area (Å²) in [6.07, 6.45) is 4.37. The third kappa shape index (κ3) is 5.66. The highest BCUT2D eigenvalue weighted by Crippen LogP contribution is 2.29. The fourth-order valence-electron chi connectivity index (χ4n) is 2.87. The zero-order chi connectivity index (χ0) is 18.9. The number of amides is 3. The first-order valence-electron chi connectivity index (χ1n) is 8.98. The van der Waals surface area contributed by atoms with Crippen LogP contribution in [-0.4, -0.2) is 30.7 Å². The summed E-state index contributed by atoms with van der Waals surface area (Å²) in [5, 5.41) is 14.1. The summed E-state index contributed by atoms with van der Waals surface area (Å²) in [7, 11) is 0. The highest BCUT2D eigenvalue weighted by atomic mass is 16.5. The smallest absolute Gasteiger partial charge is 0.321 e. The number of nitrogens with zero attached hydrogens (tertiary/aromatic N) is 1. The van der Waals surface area contributed by atoms with Gasteiger partial charge in [0.05, 0.1) is 18.2 Å². The van der Waals surface area contributed by atoms with E-state index in [9.17, 15) is 9.59 Å². The number of carbonyl (C=O) groups excluding carboxylic acids is 2. The van der Waals surface area contributed by atoms with Gasteiger partial charge in [-0.15, -0.1) is 0 Å². The molecule has 0 unspecified atom stereocenters. The molecule has 0 radical (unpaired) electrons. The monoisotopic (exact) mass is 359 g/mol. The molecule has 3 amide bonds. The van der Waals surface area contributed by atoms with Crippen molar-refractivity contribution in [3.8, 4) is 17.6 Å². The molecule has 1 aromatic carbocycles. The second-order valence-corrected chi connectivity index (χ2v) is 6.26. The van der Waals surface area contributed by atoms with Gasteiger partial charge in [-0.2, -0.15) is 5.26 Å². The summed E-state index contributed by atoms with van der Waals surface area (Å²) in [5.74, 6) is 0.198. The Balaban J connectivity index is 1.91. The van der Waals surface area contributed by atoms with Crippen molar-refractivity contribution in [2.75, 3.05) is 6.61 Å². The number of hydrogen-bond acceptors (Lipinski definition) is 5. The third-order valence-electron chi connectivity index (χ3n) is 4.22. The molecule has 1 aromatic rings. The highest BCUT2D eigenvalue weighted by molar-refractivity contribution is 5.96. The molecule has 26 heavy (non-hydrogen) atoms. The van der Waals surface area contributed by atoms with Crippen molar-refractivity contribution < 1.29 is 19.1 Å². The van der Waals surface area contributed by atoms with E-state index in [4.69, 9.17) is 14.7 Å². The molecule has 0 bridgehead atoms. The van der Waals surface area contributed by atoms with Crippen molar-refractivity contribution in [1.82, 2.24) is 10.6 Å². The van der Waals surface area contributed by atoms with Crippen LogP contribution in [0.15, 0.2) is 18.2 Å². The average Bonchev–Trinajstić information content (AvgIpc) is 2.63. The number of nitriles is 1. The number of benzene rings is 1. The fraction of sp³-hybridized carbons (Fsp3) is 0.526. The normalized spacial score (nSPS) is 15.4. The molecule has 140 valence electrons. The van der Waals surface area contributed by atoms with Gasteiger partial charge in [0.15, 0.2) is 17.6 Å². The molecule has 0 aliphatic heterocycles. The fourth-order valence-corrected chi connectivity index (χ4v) is 2.87. The van der Waals surface area contributed by atoms with Crippen LogP contribution < -0.4 is 20.1 Å². The lowest BCUT2D eigenvalue weighted by Crippen LogP contribution is -2.48. The van der Waals surface area contributed by atoms with Crippen molar-refractivity contribution in [2.45, 2.75) is 58.1 Å². The zero-order valence-corrected chi connectivity index (χ0v) is 15.2. The lowest BCUT2D eigenvalue weighted by atomic mass is 9.96. The lowest BCUT2D eigenvalue weighted by Gasteiger charge is -2.23. The number of ether oxygens (including phenoxy) is 2. The Kier molecular flexibility index (Phi) is 7.27. The number of rotatable bonds is 6. The molecule has 0 spiro atoms. The van der Waals surface area contributed by atoms with E-state index >= 15 is 0 Å². The Morgan fingerprint density at radius 3 is 2.65 bits per heavy atom. The topological polar surface area (TPSA) is 100 Å². The van der Waals surface area contributed by atoms with Gasteiger partial charge >= 0.3 is 6.03 Å². The second kappa shape index (κ2) is 9.66. The van der Waals surface area contributed by atoms with E-state index in [1.54, 1.807) is 25.1 Å². The predicted octanol–water partition coefficient (Wildman–Crippen LogP) is 2.88. The number of carbonyl (C=O) groups is 2. The molecular weight excluding hydrogens is 334 g/mol. The van der Waals surface area contributed by atoms with E-state index in [1.165, 1.54) is 6.42 Å². The Morgan fingerprint density at radius 2 is 2.00 bits per heavy atom. The van der Waals surface area contributed by atoms with Gasteiger partial charge in [-0.1, -0.05) is 19.3 Å². The zero-order valence-electron chi connectivity index (χ0n) is 15.2. The van der Waals surface area contributed by atoms with Gasteiger partial charge in [0.2, 0.25) is 0 Å². The van der Waals surface area contributed by atoms with Crippen LogP contribution in [0.25, 0.3) is 0 Å². The Morgan fingerprint density at radius 1 is 1.27 bits per heavy atom. The molecule has 0 aromatic heterocycles. The predicted molar refractivity (Wildman–Crippen MR) is 96.0 cm³/mol. The summed E-state index contributed by atoms with van der Waals surface area (Å²) in [5.41, 5.74) is 0.435. The first-order chi connectivity index (χ1) is 12.5. The third-order valence-corrected chi connectivity index (χ3v) is 4.22. The summed E-state index contributed by atoms with van der Waals surface area (Å²) < 4.78 is 11.1. The molecule has 2 rings (SSSR count). The Hall–Kier alpha value is -2.75. The molecule has 1 atom stereocenters. The molecule has 1 aliphatic rings. The summed E-state index contributed by atoms with van der Waals surface area (Å²) in [4.78, 5) is 24.2.